The molecule has 4 aromatic carbocycles. The average molecular weight is 312 g/mol. The minimum Gasteiger partial charge on any atom is -0.755 e. The summed E-state index contributed by atoms with van der Waals surface area (Å²) in [5.74, 6) is 0. The van der Waals surface area contributed by atoms with Gasteiger partial charge in [-0.1, -0.05) is 54.6 Å². The summed E-state index contributed by atoms with van der Waals surface area (Å²) in [5.41, 5.74) is 0.764. The molecule has 1 aromatic heterocycles. The third-order valence-electron chi connectivity index (χ3n) is 4.64. The van der Waals surface area contributed by atoms with Crippen LogP contribution in [0.4, 0.5) is 0 Å². The van der Waals surface area contributed by atoms with Gasteiger partial charge in [0.2, 0.25) is 0 Å². The van der Waals surface area contributed by atoms with E-state index in [0.29, 0.717) is 20.4 Å². The number of rotatable bonds is 0. The van der Waals surface area contributed by atoms with E-state index in [4.69, 9.17) is 0 Å². The van der Waals surface area contributed by atoms with Crippen molar-refractivity contribution < 1.29 is 4.54 Å². The second-order valence-corrected chi connectivity index (χ2v) is 5.91. The van der Waals surface area contributed by atoms with Crippen LogP contribution in [0.5, 0.6) is 0 Å². The quantitative estimate of drug-likeness (QED) is 0.315. The third-order valence-corrected chi connectivity index (χ3v) is 4.64. The van der Waals surface area contributed by atoms with Gasteiger partial charge < -0.3 is 5.21 Å². The molecule has 0 unspecified atom stereocenters. The SMILES string of the molecule is O=[n+]1c2ccc3ccccc3c2c2c3ccccc3ccc2n1[O-]. The predicted octanol–water partition coefficient (Wildman–Crippen LogP) is 4.36. The number of hydrogen-bond acceptors (Lipinski definition) is 2. The fourth-order valence-electron chi connectivity index (χ4n) is 3.56. The first-order valence-corrected chi connectivity index (χ1v) is 7.74. The molecule has 0 aliphatic carbocycles. The molecule has 5 rings (SSSR count). The Balaban J connectivity index is 2.26. The van der Waals surface area contributed by atoms with Crippen molar-refractivity contribution in [1.29, 1.82) is 0 Å². The van der Waals surface area contributed by atoms with Crippen molar-refractivity contribution in [3.63, 3.8) is 0 Å². The normalized spacial score (nSPS) is 11.7. The van der Waals surface area contributed by atoms with Gasteiger partial charge in [-0.3, -0.25) is 0 Å². The van der Waals surface area contributed by atoms with Crippen LogP contribution in [0.1, 0.15) is 0 Å². The van der Waals surface area contributed by atoms with Gasteiger partial charge in [-0.2, -0.15) is 0 Å². The third kappa shape index (κ3) is 1.57. The minimum atomic E-state index is 0.382. The summed E-state index contributed by atoms with van der Waals surface area (Å²) in [4.78, 5) is 12.9. The Morgan fingerprint density at radius 3 is 2.00 bits per heavy atom. The molecule has 0 saturated heterocycles. The smallest absolute Gasteiger partial charge is 0.300 e. The summed E-state index contributed by atoms with van der Waals surface area (Å²) in [5, 5.41) is 18.2. The van der Waals surface area contributed by atoms with E-state index >= 15 is 0 Å². The first kappa shape index (κ1) is 13.1. The Hall–Kier alpha value is -3.40. The summed E-state index contributed by atoms with van der Waals surface area (Å²) in [7, 11) is 0. The van der Waals surface area contributed by atoms with Crippen molar-refractivity contribution in [3.05, 3.63) is 82.9 Å². The van der Waals surface area contributed by atoms with Gasteiger partial charge in [0.1, 0.15) is 5.52 Å². The summed E-state index contributed by atoms with van der Waals surface area (Å²) < 4.78 is 0.429. The zero-order chi connectivity index (χ0) is 16.3. The van der Waals surface area contributed by atoms with Crippen LogP contribution in [0.15, 0.2) is 72.8 Å². The fraction of sp³-hybridized carbons (Fsp3) is 0. The van der Waals surface area contributed by atoms with Crippen LogP contribution in [0.3, 0.4) is 0 Å². The average Bonchev–Trinajstić information content (AvgIpc) is 2.64. The monoisotopic (exact) mass is 312 g/mol. The lowest BCUT2D eigenvalue weighted by Gasteiger charge is -2.11. The Bertz CT molecular complexity index is 1340. The molecule has 114 valence electrons. The Kier molecular flexibility index (Phi) is 2.48. The Morgan fingerprint density at radius 2 is 1.29 bits per heavy atom. The van der Waals surface area contributed by atoms with Crippen molar-refractivity contribution in [1.82, 2.24) is 4.85 Å². The van der Waals surface area contributed by atoms with Crippen molar-refractivity contribution in [2.24, 2.45) is 0 Å². The van der Waals surface area contributed by atoms with E-state index in [9.17, 15) is 10.1 Å². The van der Waals surface area contributed by atoms with E-state index in [1.807, 2.05) is 60.7 Å². The number of aromatic nitrogens is 2. The zero-order valence-electron chi connectivity index (χ0n) is 12.6. The number of fused-ring (bicyclic) bond motifs is 7. The molecule has 0 bridgehead atoms. The largest absolute Gasteiger partial charge is 0.755 e. The van der Waals surface area contributed by atoms with Crippen LogP contribution in [0.25, 0.3) is 43.4 Å². The van der Waals surface area contributed by atoms with Crippen LogP contribution in [-0.4, -0.2) is 4.85 Å². The lowest BCUT2D eigenvalue weighted by atomic mass is 9.97. The standard InChI is InChI=1S/C20H12N2O2/c23-21-17-11-9-13-5-1-3-7-15(13)19(17)20-16-8-4-2-6-14(16)10-12-18(20)22(21)24/h1-12H. The molecule has 0 radical (unpaired) electrons. The highest BCUT2D eigenvalue weighted by Gasteiger charge is 2.18. The molecule has 24 heavy (non-hydrogen) atoms. The first-order valence-electron chi connectivity index (χ1n) is 7.74. The Labute approximate surface area is 136 Å². The molecule has 0 atom stereocenters. The van der Waals surface area contributed by atoms with E-state index in [0.717, 1.165) is 32.3 Å². The molecule has 0 saturated carbocycles. The molecule has 0 aliphatic rings. The summed E-state index contributed by atoms with van der Waals surface area (Å²) in [6, 6.07) is 23.1. The molecule has 4 heteroatoms. The predicted molar refractivity (Wildman–Crippen MR) is 96.6 cm³/mol. The molecule has 0 amide bonds. The highest BCUT2D eigenvalue weighted by Crippen LogP contribution is 2.34. The summed E-state index contributed by atoms with van der Waals surface area (Å²) in [6.07, 6.45) is 0. The lowest BCUT2D eigenvalue weighted by molar-refractivity contribution is -0.556. The molecule has 0 aliphatic heterocycles. The van der Waals surface area contributed by atoms with Gasteiger partial charge in [-0.25, -0.2) is 0 Å². The number of hydrogen-bond donors (Lipinski definition) is 0. The van der Waals surface area contributed by atoms with Crippen LogP contribution in [0.2, 0.25) is 0 Å². The van der Waals surface area contributed by atoms with Crippen LogP contribution < -0.4 is 4.54 Å². The molecule has 0 fully saturated rings. The summed E-state index contributed by atoms with van der Waals surface area (Å²) in [6.45, 7) is 0. The van der Waals surface area contributed by atoms with Gasteiger partial charge in [0.25, 0.3) is 0 Å². The number of nitrogens with zero attached hydrogens (tertiary/aromatic N) is 2. The highest BCUT2D eigenvalue weighted by molar-refractivity contribution is 6.25. The molecule has 0 spiro atoms. The molecule has 0 N–H and O–H groups in total. The lowest BCUT2D eigenvalue weighted by Crippen LogP contribution is -2.28. The van der Waals surface area contributed by atoms with E-state index < -0.39 is 0 Å². The maximum Gasteiger partial charge on any atom is 0.300 e. The van der Waals surface area contributed by atoms with Gasteiger partial charge in [-0.05, 0) is 33.7 Å². The van der Waals surface area contributed by atoms with Crippen molar-refractivity contribution >= 4 is 43.4 Å². The molecular weight excluding hydrogens is 300 g/mol. The summed E-state index contributed by atoms with van der Waals surface area (Å²) >= 11 is 0. The maximum absolute atomic E-state index is 12.5. The van der Waals surface area contributed by atoms with Gasteiger partial charge in [0.05, 0.1) is 10.3 Å². The minimum absolute atomic E-state index is 0.382. The van der Waals surface area contributed by atoms with Crippen LogP contribution >= 0.6 is 0 Å². The van der Waals surface area contributed by atoms with Gasteiger partial charge >= 0.3 is 5.52 Å². The van der Waals surface area contributed by atoms with Crippen LogP contribution in [0, 0.1) is 10.1 Å². The second kappa shape index (κ2) is 4.55. The highest BCUT2D eigenvalue weighted by atomic mass is 16.5. The van der Waals surface area contributed by atoms with E-state index in [1.165, 1.54) is 0 Å². The topological polar surface area (TPSA) is 51.0 Å². The fourth-order valence-corrected chi connectivity index (χ4v) is 3.56. The zero-order valence-corrected chi connectivity index (χ0v) is 12.6. The molecular formula is C20H12N2O2. The van der Waals surface area contributed by atoms with Crippen molar-refractivity contribution in [2.45, 2.75) is 0 Å². The van der Waals surface area contributed by atoms with E-state index in [1.54, 1.807) is 12.1 Å². The van der Waals surface area contributed by atoms with Crippen molar-refractivity contribution in [3.8, 4) is 0 Å². The van der Waals surface area contributed by atoms with E-state index in [-0.39, 0.29) is 0 Å². The maximum atomic E-state index is 12.5. The second-order valence-electron chi connectivity index (χ2n) is 5.91. The van der Waals surface area contributed by atoms with Gasteiger partial charge in [0.15, 0.2) is 4.54 Å². The molecule has 1 heterocycles. The van der Waals surface area contributed by atoms with Crippen molar-refractivity contribution in [2.75, 3.05) is 0 Å². The molecule has 4 nitrogen and oxygen atoms in total. The van der Waals surface area contributed by atoms with Gasteiger partial charge in [-0.15, -0.1) is 4.85 Å². The molecule has 5 aromatic rings. The van der Waals surface area contributed by atoms with E-state index in [2.05, 4.69) is 0 Å². The van der Waals surface area contributed by atoms with Crippen LogP contribution in [-0.2, 0) is 0 Å². The van der Waals surface area contributed by atoms with Gasteiger partial charge in [0, 0.05) is 11.5 Å². The first-order chi connectivity index (χ1) is 11.8. The number of benzene rings is 4. The Morgan fingerprint density at radius 1 is 0.708 bits per heavy atom.